The zero-order valence-corrected chi connectivity index (χ0v) is 17.9. The Labute approximate surface area is 183 Å². The number of imidazole rings is 1. The van der Waals surface area contributed by atoms with Gasteiger partial charge in [-0.05, 0) is 37.2 Å². The summed E-state index contributed by atoms with van der Waals surface area (Å²) in [6.07, 6.45) is 8.24. The van der Waals surface area contributed by atoms with Gasteiger partial charge in [0.05, 0.1) is 46.4 Å². The molecule has 0 aliphatic carbocycles. The Balaban J connectivity index is 1.51. The molecule has 9 nitrogen and oxygen atoms in total. The SMILES string of the molecule is Cn1cc(-c2ccc(-c3ccc4ncc5c(c4n3)n(C3CCNC3)c(=O)n5C)cn2)cn1. The molecule has 0 bridgehead atoms. The van der Waals surface area contributed by atoms with Crippen LogP contribution in [0.1, 0.15) is 12.5 Å². The Hall–Kier alpha value is -3.85. The number of aryl methyl sites for hydroxylation is 2. The molecule has 160 valence electrons. The molecule has 0 amide bonds. The first-order chi connectivity index (χ1) is 15.6. The summed E-state index contributed by atoms with van der Waals surface area (Å²) in [6.45, 7) is 1.69. The molecule has 5 aromatic heterocycles. The van der Waals surface area contributed by atoms with Gasteiger partial charge in [-0.1, -0.05) is 0 Å². The van der Waals surface area contributed by atoms with Crippen molar-refractivity contribution in [3.8, 4) is 22.5 Å². The molecule has 1 aliphatic heterocycles. The molecule has 1 N–H and O–H groups in total. The third-order valence-corrected chi connectivity index (χ3v) is 6.22. The predicted octanol–water partition coefficient (Wildman–Crippen LogP) is 2.28. The van der Waals surface area contributed by atoms with Crippen molar-refractivity contribution in [1.29, 1.82) is 0 Å². The van der Waals surface area contributed by atoms with Crippen molar-refractivity contribution in [3.05, 3.63) is 59.5 Å². The lowest BCUT2D eigenvalue weighted by Gasteiger charge is -2.12. The smallest absolute Gasteiger partial charge is 0.315 e. The van der Waals surface area contributed by atoms with E-state index in [1.165, 1.54) is 0 Å². The quantitative estimate of drug-likeness (QED) is 0.476. The molecular formula is C23H22N8O. The Bertz CT molecular complexity index is 1520. The molecule has 5 aromatic rings. The fraction of sp³-hybridized carbons (Fsp3) is 0.261. The Morgan fingerprint density at radius 1 is 1.00 bits per heavy atom. The van der Waals surface area contributed by atoms with Crippen molar-refractivity contribution in [2.45, 2.75) is 12.5 Å². The minimum absolute atomic E-state index is 0.0299. The van der Waals surface area contributed by atoms with E-state index >= 15 is 0 Å². The second kappa shape index (κ2) is 7.10. The second-order valence-electron chi connectivity index (χ2n) is 8.25. The maximum Gasteiger partial charge on any atom is 0.329 e. The highest BCUT2D eigenvalue weighted by Gasteiger charge is 2.24. The van der Waals surface area contributed by atoms with Gasteiger partial charge in [-0.25, -0.2) is 9.78 Å². The van der Waals surface area contributed by atoms with Gasteiger partial charge < -0.3 is 5.32 Å². The summed E-state index contributed by atoms with van der Waals surface area (Å²) in [6, 6.07) is 8.00. The number of aromatic nitrogens is 7. The van der Waals surface area contributed by atoms with E-state index in [9.17, 15) is 4.79 Å². The molecule has 32 heavy (non-hydrogen) atoms. The van der Waals surface area contributed by atoms with Gasteiger partial charge in [0.25, 0.3) is 0 Å². The molecule has 0 aromatic carbocycles. The summed E-state index contributed by atoms with van der Waals surface area (Å²) in [4.78, 5) is 27.2. The van der Waals surface area contributed by atoms with E-state index in [1.54, 1.807) is 28.7 Å². The number of fused-ring (bicyclic) bond motifs is 3. The van der Waals surface area contributed by atoms with E-state index in [1.807, 2.05) is 48.3 Å². The summed E-state index contributed by atoms with van der Waals surface area (Å²) >= 11 is 0. The average molecular weight is 426 g/mol. The first-order valence-corrected chi connectivity index (χ1v) is 10.6. The van der Waals surface area contributed by atoms with Crippen molar-refractivity contribution in [3.63, 3.8) is 0 Å². The van der Waals surface area contributed by atoms with E-state index in [0.717, 1.165) is 64.1 Å². The van der Waals surface area contributed by atoms with Crippen molar-refractivity contribution < 1.29 is 0 Å². The van der Waals surface area contributed by atoms with Crippen LogP contribution in [0.3, 0.4) is 0 Å². The number of nitrogens with zero attached hydrogens (tertiary/aromatic N) is 7. The Morgan fingerprint density at radius 3 is 2.59 bits per heavy atom. The van der Waals surface area contributed by atoms with Crippen LogP contribution in [0.15, 0.2) is 53.8 Å². The van der Waals surface area contributed by atoms with Gasteiger partial charge in [0, 0.05) is 44.2 Å². The first-order valence-electron chi connectivity index (χ1n) is 10.6. The van der Waals surface area contributed by atoms with Crippen LogP contribution >= 0.6 is 0 Å². The lowest BCUT2D eigenvalue weighted by atomic mass is 10.1. The monoisotopic (exact) mass is 426 g/mol. The van der Waals surface area contributed by atoms with E-state index < -0.39 is 0 Å². The van der Waals surface area contributed by atoms with Gasteiger partial charge in [0.1, 0.15) is 5.52 Å². The minimum atomic E-state index is -0.0299. The molecule has 9 heteroatoms. The lowest BCUT2D eigenvalue weighted by Crippen LogP contribution is -2.27. The molecule has 1 unspecified atom stereocenters. The summed E-state index contributed by atoms with van der Waals surface area (Å²) in [5.74, 6) is 0. The third kappa shape index (κ3) is 2.85. The number of hydrogen-bond donors (Lipinski definition) is 1. The Morgan fingerprint density at radius 2 is 1.88 bits per heavy atom. The number of rotatable bonds is 3. The van der Waals surface area contributed by atoms with E-state index in [4.69, 9.17) is 4.98 Å². The minimum Gasteiger partial charge on any atom is -0.315 e. The summed E-state index contributed by atoms with van der Waals surface area (Å²) in [5, 5.41) is 7.57. The summed E-state index contributed by atoms with van der Waals surface area (Å²) in [5.41, 5.74) is 6.65. The highest BCUT2D eigenvalue weighted by atomic mass is 16.1. The normalized spacial score (nSPS) is 16.4. The maximum atomic E-state index is 13.1. The zero-order chi connectivity index (χ0) is 21.8. The molecule has 1 aliphatic rings. The van der Waals surface area contributed by atoms with E-state index in [2.05, 4.69) is 20.4 Å². The maximum absolute atomic E-state index is 13.1. The van der Waals surface area contributed by atoms with Crippen molar-refractivity contribution in [2.75, 3.05) is 13.1 Å². The molecule has 1 atom stereocenters. The molecule has 1 fully saturated rings. The van der Waals surface area contributed by atoms with Crippen LogP contribution in [0.4, 0.5) is 0 Å². The first kappa shape index (κ1) is 18.9. The molecule has 6 rings (SSSR count). The van der Waals surface area contributed by atoms with Crippen LogP contribution in [0.2, 0.25) is 0 Å². The van der Waals surface area contributed by atoms with Gasteiger partial charge in [-0.3, -0.25) is 23.8 Å². The topological polar surface area (TPSA) is 95.5 Å². The largest absolute Gasteiger partial charge is 0.329 e. The van der Waals surface area contributed by atoms with Crippen molar-refractivity contribution in [2.24, 2.45) is 14.1 Å². The van der Waals surface area contributed by atoms with Gasteiger partial charge in [0.2, 0.25) is 0 Å². The van der Waals surface area contributed by atoms with E-state index in [-0.39, 0.29) is 11.7 Å². The fourth-order valence-electron chi connectivity index (χ4n) is 4.52. The van der Waals surface area contributed by atoms with Crippen LogP contribution in [0, 0.1) is 0 Å². The number of pyridine rings is 3. The lowest BCUT2D eigenvalue weighted by molar-refractivity contribution is 0.536. The predicted molar refractivity (Wildman–Crippen MR) is 122 cm³/mol. The molecule has 1 saturated heterocycles. The second-order valence-corrected chi connectivity index (χ2v) is 8.25. The standard InChI is InChI=1S/C23H22N8O/c1-29-13-15(10-27-29)17-4-3-14(9-25-17)18-5-6-19-21(28-18)22-20(12-26-19)30(2)23(32)31(22)16-7-8-24-11-16/h3-6,9-10,12-13,16,24H,7-8,11H2,1-2H3. The van der Waals surface area contributed by atoms with Gasteiger partial charge in [-0.15, -0.1) is 0 Å². The van der Waals surface area contributed by atoms with Crippen molar-refractivity contribution >= 4 is 22.1 Å². The van der Waals surface area contributed by atoms with Gasteiger partial charge >= 0.3 is 5.69 Å². The van der Waals surface area contributed by atoms with Crippen molar-refractivity contribution in [1.82, 2.24) is 39.2 Å². The van der Waals surface area contributed by atoms with E-state index in [0.29, 0.717) is 0 Å². The molecule has 0 saturated carbocycles. The number of hydrogen-bond acceptors (Lipinski definition) is 6. The molecule has 0 spiro atoms. The summed E-state index contributed by atoms with van der Waals surface area (Å²) in [7, 11) is 3.68. The van der Waals surface area contributed by atoms with Crippen LogP contribution in [0.25, 0.3) is 44.6 Å². The zero-order valence-electron chi connectivity index (χ0n) is 17.9. The average Bonchev–Trinajstić information content (AvgIpc) is 3.55. The highest BCUT2D eigenvalue weighted by Crippen LogP contribution is 2.28. The highest BCUT2D eigenvalue weighted by molar-refractivity contribution is 6.00. The van der Waals surface area contributed by atoms with Crippen LogP contribution in [-0.4, -0.2) is 47.0 Å². The third-order valence-electron chi connectivity index (χ3n) is 6.22. The fourth-order valence-corrected chi connectivity index (χ4v) is 4.52. The van der Waals surface area contributed by atoms with Crippen LogP contribution in [0.5, 0.6) is 0 Å². The van der Waals surface area contributed by atoms with Crippen LogP contribution < -0.4 is 11.0 Å². The van der Waals surface area contributed by atoms with Gasteiger partial charge in [0.15, 0.2) is 0 Å². The van der Waals surface area contributed by atoms with Crippen LogP contribution in [-0.2, 0) is 14.1 Å². The number of nitrogens with one attached hydrogen (secondary N) is 1. The molecule has 0 radical (unpaired) electrons. The summed E-state index contributed by atoms with van der Waals surface area (Å²) < 4.78 is 5.31. The Kier molecular flexibility index (Phi) is 4.19. The van der Waals surface area contributed by atoms with Gasteiger partial charge in [-0.2, -0.15) is 5.10 Å². The molecule has 6 heterocycles. The molecular weight excluding hydrogens is 404 g/mol.